The number of sulfonamides is 2. The normalized spacial score (nSPS) is 13.1. The maximum atomic E-state index is 11.7. The molecule has 0 atom stereocenters. The van der Waals surface area contributed by atoms with Gasteiger partial charge in [0.15, 0.2) is 14.9 Å². The summed E-state index contributed by atoms with van der Waals surface area (Å²) in [5.74, 6) is 0. The van der Waals surface area contributed by atoms with Crippen molar-refractivity contribution in [3.8, 4) is 0 Å². The molecule has 0 heterocycles. The van der Waals surface area contributed by atoms with E-state index < -0.39 is 35.0 Å². The Bertz CT molecular complexity index is 874. The molecule has 3 N–H and O–H groups in total. The van der Waals surface area contributed by atoms with Crippen molar-refractivity contribution in [3.05, 3.63) is 22.2 Å². The first kappa shape index (κ1) is 18.4. The van der Waals surface area contributed by atoms with Crippen LogP contribution < -0.4 is 9.86 Å². The molecule has 0 saturated heterocycles. The van der Waals surface area contributed by atoms with Crippen LogP contribution in [0, 0.1) is 6.92 Å². The summed E-state index contributed by atoms with van der Waals surface area (Å²) in [6.45, 7) is 1.43. The number of hydrogen-bond acceptors (Lipinski definition) is 6. The smallest absolute Gasteiger partial charge is 0.247 e. The molecule has 0 bridgehead atoms. The third-order valence-electron chi connectivity index (χ3n) is 2.21. The van der Waals surface area contributed by atoms with Crippen LogP contribution in [0.25, 0.3) is 0 Å². The van der Waals surface area contributed by atoms with E-state index in [1.807, 2.05) is 0 Å². The number of primary sulfonamides is 1. The molecule has 0 spiro atoms. The first-order chi connectivity index (χ1) is 9.21. The Morgan fingerprint density at radius 1 is 1.14 bits per heavy atom. The molecular weight excluding hydrogens is 408 g/mol. The van der Waals surface area contributed by atoms with E-state index in [4.69, 9.17) is 5.14 Å². The first-order valence-electron chi connectivity index (χ1n) is 5.22. The van der Waals surface area contributed by atoms with Gasteiger partial charge in [0.2, 0.25) is 20.0 Å². The minimum Gasteiger partial charge on any atom is -0.282 e. The van der Waals surface area contributed by atoms with Crippen molar-refractivity contribution in [1.82, 2.24) is 0 Å². The summed E-state index contributed by atoms with van der Waals surface area (Å²) in [6.07, 6.45) is 0.788. The van der Waals surface area contributed by atoms with Gasteiger partial charge in [-0.2, -0.15) is 0 Å². The van der Waals surface area contributed by atoms with Crippen LogP contribution in [-0.4, -0.2) is 36.6 Å². The molecule has 0 radical (unpaired) electrons. The monoisotopic (exact) mass is 420 g/mol. The lowest BCUT2D eigenvalue weighted by molar-refractivity contribution is 0.593. The molecule has 12 heteroatoms. The van der Waals surface area contributed by atoms with Crippen LogP contribution in [0.5, 0.6) is 0 Å². The van der Waals surface area contributed by atoms with Crippen LogP contribution in [0.2, 0.25) is 0 Å². The second kappa shape index (κ2) is 5.83. The van der Waals surface area contributed by atoms with Crippen LogP contribution in [0.3, 0.4) is 0 Å². The quantitative estimate of drug-likeness (QED) is 0.694. The van der Waals surface area contributed by atoms with Crippen molar-refractivity contribution in [2.24, 2.45) is 5.14 Å². The molecule has 21 heavy (non-hydrogen) atoms. The van der Waals surface area contributed by atoms with Gasteiger partial charge in [0, 0.05) is 10.7 Å². The number of aryl methyl sites for hydroxylation is 1. The molecule has 0 aromatic heterocycles. The van der Waals surface area contributed by atoms with Gasteiger partial charge in [-0.1, -0.05) is 0 Å². The Kier molecular flexibility index (Phi) is 5.10. The fourth-order valence-electron chi connectivity index (χ4n) is 1.53. The number of nitrogens with one attached hydrogen (secondary N) is 1. The molecule has 0 aliphatic heterocycles. The predicted molar refractivity (Wildman–Crippen MR) is 82.5 cm³/mol. The highest BCUT2D eigenvalue weighted by Crippen LogP contribution is 2.29. The van der Waals surface area contributed by atoms with Gasteiger partial charge in [-0.3, -0.25) is 4.72 Å². The van der Waals surface area contributed by atoms with Crippen molar-refractivity contribution in [2.45, 2.75) is 11.8 Å². The standard InChI is InChI=1S/C9H13BrN2O6S3/c1-6-3-8(7(10)4-9(6)21(11,17)18)12-20(15,16)5-19(2,13)14/h3-4,12H,5H2,1-2H3,(H2,11,17,18). The zero-order chi connectivity index (χ0) is 16.6. The lowest BCUT2D eigenvalue weighted by atomic mass is 10.2. The van der Waals surface area contributed by atoms with Gasteiger partial charge >= 0.3 is 0 Å². The zero-order valence-corrected chi connectivity index (χ0v) is 15.0. The average molecular weight is 421 g/mol. The summed E-state index contributed by atoms with van der Waals surface area (Å²) in [5, 5.41) is 3.94. The van der Waals surface area contributed by atoms with Gasteiger partial charge < -0.3 is 0 Å². The molecule has 8 nitrogen and oxygen atoms in total. The highest BCUT2D eigenvalue weighted by molar-refractivity contribution is 9.10. The molecule has 0 aliphatic rings. The van der Waals surface area contributed by atoms with E-state index in [9.17, 15) is 25.3 Å². The van der Waals surface area contributed by atoms with E-state index in [0.717, 1.165) is 12.3 Å². The fraction of sp³-hybridized carbons (Fsp3) is 0.333. The molecule has 1 rings (SSSR count). The summed E-state index contributed by atoms with van der Waals surface area (Å²) in [6, 6.07) is 2.38. The number of halogens is 1. The molecule has 0 unspecified atom stereocenters. The number of rotatable bonds is 5. The molecule has 0 amide bonds. The summed E-state index contributed by atoms with van der Waals surface area (Å²) < 4.78 is 70.4. The summed E-state index contributed by atoms with van der Waals surface area (Å²) in [4.78, 5) is -0.166. The minimum atomic E-state index is -4.13. The van der Waals surface area contributed by atoms with Gasteiger partial charge in [-0.15, -0.1) is 0 Å². The van der Waals surface area contributed by atoms with Gasteiger partial charge in [0.05, 0.1) is 10.6 Å². The second-order valence-electron chi connectivity index (χ2n) is 4.40. The van der Waals surface area contributed by atoms with E-state index in [-0.39, 0.29) is 20.6 Å². The number of hydrogen-bond donors (Lipinski definition) is 2. The number of sulfone groups is 1. The van der Waals surface area contributed by atoms with Crippen molar-refractivity contribution >= 4 is 51.5 Å². The highest BCUT2D eigenvalue weighted by Gasteiger charge is 2.21. The van der Waals surface area contributed by atoms with Gasteiger partial charge in [-0.05, 0) is 40.5 Å². The third kappa shape index (κ3) is 5.54. The van der Waals surface area contributed by atoms with E-state index in [1.165, 1.54) is 13.0 Å². The molecule has 0 fully saturated rings. The fourth-order valence-corrected chi connectivity index (χ4v) is 6.04. The Morgan fingerprint density at radius 3 is 2.10 bits per heavy atom. The van der Waals surface area contributed by atoms with E-state index in [2.05, 4.69) is 20.7 Å². The Labute approximate surface area is 131 Å². The molecule has 0 saturated carbocycles. The van der Waals surface area contributed by atoms with Crippen molar-refractivity contribution in [1.29, 1.82) is 0 Å². The predicted octanol–water partition coefficient (Wildman–Crippen LogP) is 0.149. The third-order valence-corrected chi connectivity index (χ3v) is 7.40. The van der Waals surface area contributed by atoms with E-state index in [0.29, 0.717) is 0 Å². The van der Waals surface area contributed by atoms with Crippen LogP contribution in [0.4, 0.5) is 5.69 Å². The van der Waals surface area contributed by atoms with Crippen LogP contribution in [-0.2, 0) is 29.9 Å². The Hall–Kier alpha value is -0.690. The van der Waals surface area contributed by atoms with Gasteiger partial charge in [0.1, 0.15) is 0 Å². The Morgan fingerprint density at radius 2 is 1.67 bits per heavy atom. The van der Waals surface area contributed by atoms with E-state index >= 15 is 0 Å². The summed E-state index contributed by atoms with van der Waals surface area (Å²) in [5.41, 5.74) is 0.237. The largest absolute Gasteiger partial charge is 0.282 e. The van der Waals surface area contributed by atoms with E-state index in [1.54, 1.807) is 0 Å². The van der Waals surface area contributed by atoms with Crippen LogP contribution >= 0.6 is 15.9 Å². The Balaban J connectivity index is 3.27. The number of benzene rings is 1. The van der Waals surface area contributed by atoms with Crippen LogP contribution in [0.1, 0.15) is 5.56 Å². The minimum absolute atomic E-state index is 0.0172. The summed E-state index contributed by atoms with van der Waals surface area (Å²) >= 11 is 3.01. The SMILES string of the molecule is Cc1cc(NS(=O)(=O)CS(C)(=O)=O)c(Br)cc1S(N)(=O)=O. The van der Waals surface area contributed by atoms with Crippen LogP contribution in [0.15, 0.2) is 21.5 Å². The molecule has 1 aromatic rings. The van der Waals surface area contributed by atoms with Gasteiger partial charge in [-0.25, -0.2) is 30.4 Å². The topological polar surface area (TPSA) is 140 Å². The lowest BCUT2D eigenvalue weighted by Gasteiger charge is -2.12. The molecule has 0 aliphatic carbocycles. The summed E-state index contributed by atoms with van der Waals surface area (Å²) in [7, 11) is -11.8. The average Bonchev–Trinajstić information content (AvgIpc) is 2.16. The highest BCUT2D eigenvalue weighted by atomic mass is 79.9. The van der Waals surface area contributed by atoms with Gasteiger partial charge in [0.25, 0.3) is 0 Å². The zero-order valence-electron chi connectivity index (χ0n) is 11.0. The molecule has 120 valence electrons. The molecule has 1 aromatic carbocycles. The maximum absolute atomic E-state index is 11.7. The number of anilines is 1. The molecular formula is C9H13BrN2O6S3. The number of nitrogens with two attached hydrogens (primary N) is 1. The lowest BCUT2D eigenvalue weighted by Crippen LogP contribution is -2.22. The maximum Gasteiger partial charge on any atom is 0.247 e. The first-order valence-corrected chi connectivity index (χ1v) is 11.3. The van der Waals surface area contributed by atoms with Crippen molar-refractivity contribution in [2.75, 3.05) is 16.1 Å². The van der Waals surface area contributed by atoms with Crippen molar-refractivity contribution in [3.63, 3.8) is 0 Å². The van der Waals surface area contributed by atoms with Crippen molar-refractivity contribution < 1.29 is 25.3 Å². The second-order valence-corrected chi connectivity index (χ2v) is 11.0.